The zero-order chi connectivity index (χ0) is 20.5. The maximum atomic E-state index is 12.8. The van der Waals surface area contributed by atoms with Crippen LogP contribution in [0.25, 0.3) is 0 Å². The molecule has 0 fully saturated rings. The largest absolute Gasteiger partial charge is 0.435 e. The van der Waals surface area contributed by atoms with Gasteiger partial charge in [-0.05, 0) is 32.4 Å². The zero-order valence-electron chi connectivity index (χ0n) is 15.7. The Kier molecular flexibility index (Phi) is 5.26. The Morgan fingerprint density at radius 2 is 1.93 bits per heavy atom. The number of aromatic nitrogens is 4. The van der Waals surface area contributed by atoms with Crippen molar-refractivity contribution in [2.24, 2.45) is 0 Å². The predicted molar refractivity (Wildman–Crippen MR) is 97.8 cm³/mol. The maximum Gasteiger partial charge on any atom is 0.435 e. The lowest BCUT2D eigenvalue weighted by Gasteiger charge is -2.13. The Morgan fingerprint density at radius 1 is 1.18 bits per heavy atom. The van der Waals surface area contributed by atoms with Crippen molar-refractivity contribution in [3.8, 4) is 0 Å². The summed E-state index contributed by atoms with van der Waals surface area (Å²) >= 11 is 0. The number of rotatable bonds is 5. The van der Waals surface area contributed by atoms with Gasteiger partial charge in [-0.15, -0.1) is 0 Å². The van der Waals surface area contributed by atoms with E-state index >= 15 is 0 Å². The lowest BCUT2D eigenvalue weighted by molar-refractivity contribution is -0.141. The molecular formula is C19H20F3N5O. The van der Waals surface area contributed by atoms with Crippen LogP contribution in [-0.4, -0.2) is 25.5 Å². The first-order valence-corrected chi connectivity index (χ1v) is 8.66. The van der Waals surface area contributed by atoms with E-state index in [0.717, 1.165) is 21.9 Å². The molecule has 1 atom stereocenters. The zero-order valence-corrected chi connectivity index (χ0v) is 15.7. The standard InChI is InChI=1S/C19H20F3N5O/c1-12-5-4-6-15(9-12)11-26-8-7-17(25-26)23-18(28)14(3)27-13(2)10-16(24-27)19(20,21)22/h4-10,14H,11H2,1-3H3,(H,23,25,28). The van der Waals surface area contributed by atoms with E-state index in [-0.39, 0.29) is 5.69 Å². The van der Waals surface area contributed by atoms with Gasteiger partial charge in [0, 0.05) is 18.0 Å². The summed E-state index contributed by atoms with van der Waals surface area (Å²) in [6, 6.07) is 9.62. The van der Waals surface area contributed by atoms with Crippen molar-refractivity contribution in [1.29, 1.82) is 0 Å². The van der Waals surface area contributed by atoms with Gasteiger partial charge >= 0.3 is 6.18 Å². The van der Waals surface area contributed by atoms with Gasteiger partial charge in [-0.3, -0.25) is 14.2 Å². The molecule has 0 aliphatic heterocycles. The quantitative estimate of drug-likeness (QED) is 0.716. The van der Waals surface area contributed by atoms with E-state index in [1.807, 2.05) is 31.2 Å². The Hall–Kier alpha value is -3.10. The number of hydrogen-bond donors (Lipinski definition) is 1. The molecule has 0 bridgehead atoms. The lowest BCUT2D eigenvalue weighted by Crippen LogP contribution is -2.26. The highest BCUT2D eigenvalue weighted by Crippen LogP contribution is 2.29. The molecule has 0 aliphatic carbocycles. The molecule has 0 saturated carbocycles. The van der Waals surface area contributed by atoms with Crippen LogP contribution < -0.4 is 5.32 Å². The number of hydrogen-bond acceptors (Lipinski definition) is 3. The van der Waals surface area contributed by atoms with E-state index in [9.17, 15) is 18.0 Å². The van der Waals surface area contributed by atoms with E-state index < -0.39 is 23.8 Å². The number of halogens is 3. The number of carbonyl (C=O) groups is 1. The first kappa shape index (κ1) is 19.7. The van der Waals surface area contributed by atoms with E-state index in [0.29, 0.717) is 12.4 Å². The van der Waals surface area contributed by atoms with E-state index in [1.165, 1.54) is 13.8 Å². The van der Waals surface area contributed by atoms with E-state index in [1.54, 1.807) is 16.9 Å². The average Bonchev–Trinajstić information content (AvgIpc) is 3.20. The maximum absolute atomic E-state index is 12.8. The fourth-order valence-electron chi connectivity index (χ4n) is 2.87. The average molecular weight is 391 g/mol. The van der Waals surface area contributed by atoms with Crippen molar-refractivity contribution >= 4 is 11.7 Å². The molecule has 0 saturated heterocycles. The summed E-state index contributed by atoms with van der Waals surface area (Å²) in [6.07, 6.45) is -2.83. The van der Waals surface area contributed by atoms with Gasteiger partial charge in [-0.1, -0.05) is 29.8 Å². The number of carbonyl (C=O) groups excluding carboxylic acids is 1. The van der Waals surface area contributed by atoms with Crippen LogP contribution in [0.3, 0.4) is 0 Å². The number of benzene rings is 1. The van der Waals surface area contributed by atoms with E-state index in [2.05, 4.69) is 15.5 Å². The van der Waals surface area contributed by atoms with Gasteiger partial charge < -0.3 is 5.32 Å². The molecule has 148 valence electrons. The van der Waals surface area contributed by atoms with Crippen LogP contribution in [0.4, 0.5) is 19.0 Å². The Morgan fingerprint density at radius 3 is 2.57 bits per heavy atom. The number of nitrogens with one attached hydrogen (secondary N) is 1. The van der Waals surface area contributed by atoms with E-state index in [4.69, 9.17) is 0 Å². The van der Waals surface area contributed by atoms with Gasteiger partial charge in [-0.25, -0.2) is 0 Å². The van der Waals surface area contributed by atoms with Gasteiger partial charge in [0.05, 0.1) is 6.54 Å². The molecule has 9 heteroatoms. The number of aryl methyl sites for hydroxylation is 2. The summed E-state index contributed by atoms with van der Waals surface area (Å²) in [5.74, 6) is -0.175. The highest BCUT2D eigenvalue weighted by molar-refractivity contribution is 5.92. The molecule has 0 spiro atoms. The molecular weight excluding hydrogens is 371 g/mol. The van der Waals surface area contributed by atoms with Gasteiger partial charge in [0.1, 0.15) is 6.04 Å². The molecule has 0 radical (unpaired) electrons. The smallest absolute Gasteiger partial charge is 0.307 e. The molecule has 1 unspecified atom stereocenters. The van der Waals surface area contributed by atoms with Crippen molar-refractivity contribution in [2.75, 3.05) is 5.32 Å². The minimum Gasteiger partial charge on any atom is -0.307 e. The number of nitrogens with zero attached hydrogens (tertiary/aromatic N) is 4. The van der Waals surface area contributed by atoms with Crippen LogP contribution in [0.5, 0.6) is 0 Å². The fourth-order valence-corrected chi connectivity index (χ4v) is 2.87. The van der Waals surface area contributed by atoms with Crippen molar-refractivity contribution in [1.82, 2.24) is 19.6 Å². The minimum absolute atomic E-state index is 0.250. The number of alkyl halides is 3. The predicted octanol–water partition coefficient (Wildman–Crippen LogP) is 3.96. The van der Waals surface area contributed by atoms with Crippen LogP contribution in [0, 0.1) is 13.8 Å². The van der Waals surface area contributed by atoms with Crippen LogP contribution in [0.1, 0.15) is 35.5 Å². The minimum atomic E-state index is -4.55. The highest BCUT2D eigenvalue weighted by atomic mass is 19.4. The van der Waals surface area contributed by atoms with Gasteiger partial charge in [0.25, 0.3) is 0 Å². The molecule has 1 N–H and O–H groups in total. The Bertz CT molecular complexity index is 990. The molecule has 3 rings (SSSR count). The second kappa shape index (κ2) is 7.49. The second-order valence-corrected chi connectivity index (χ2v) is 6.67. The first-order chi connectivity index (χ1) is 13.1. The van der Waals surface area contributed by atoms with Crippen molar-refractivity contribution in [3.63, 3.8) is 0 Å². The monoisotopic (exact) mass is 391 g/mol. The molecule has 28 heavy (non-hydrogen) atoms. The Labute approximate surface area is 160 Å². The third-order valence-electron chi connectivity index (χ3n) is 4.28. The molecule has 1 aromatic carbocycles. The van der Waals surface area contributed by atoms with Crippen LogP contribution in [0.15, 0.2) is 42.6 Å². The summed E-state index contributed by atoms with van der Waals surface area (Å²) in [5, 5.41) is 10.4. The number of anilines is 1. The molecule has 1 amide bonds. The summed E-state index contributed by atoms with van der Waals surface area (Å²) in [4.78, 5) is 12.4. The SMILES string of the molecule is Cc1cccc(Cn2ccc(NC(=O)C(C)n3nc(C(F)(F)F)cc3C)n2)c1. The summed E-state index contributed by atoms with van der Waals surface area (Å²) in [5.41, 5.74) is 1.44. The normalized spacial score (nSPS) is 12.8. The fraction of sp³-hybridized carbons (Fsp3) is 0.316. The topological polar surface area (TPSA) is 64.7 Å². The highest BCUT2D eigenvalue weighted by Gasteiger charge is 2.35. The first-order valence-electron chi connectivity index (χ1n) is 8.66. The van der Waals surface area contributed by atoms with Crippen LogP contribution >= 0.6 is 0 Å². The van der Waals surface area contributed by atoms with Crippen molar-refractivity contribution < 1.29 is 18.0 Å². The van der Waals surface area contributed by atoms with Crippen LogP contribution in [-0.2, 0) is 17.5 Å². The third kappa shape index (κ3) is 4.41. The molecule has 0 aliphatic rings. The summed E-state index contributed by atoms with van der Waals surface area (Å²) in [7, 11) is 0. The molecule has 3 aromatic rings. The van der Waals surface area contributed by atoms with Gasteiger partial charge in [-0.2, -0.15) is 23.4 Å². The van der Waals surface area contributed by atoms with Crippen molar-refractivity contribution in [3.05, 3.63) is 65.1 Å². The summed E-state index contributed by atoms with van der Waals surface area (Å²) in [6.45, 7) is 5.50. The molecule has 2 heterocycles. The van der Waals surface area contributed by atoms with Crippen molar-refractivity contribution in [2.45, 2.75) is 39.5 Å². The Balaban J connectivity index is 1.68. The van der Waals surface area contributed by atoms with Gasteiger partial charge in [0.15, 0.2) is 11.5 Å². The molecule has 2 aromatic heterocycles. The third-order valence-corrected chi connectivity index (χ3v) is 4.28. The molecule has 6 nitrogen and oxygen atoms in total. The van der Waals surface area contributed by atoms with Crippen LogP contribution in [0.2, 0.25) is 0 Å². The lowest BCUT2D eigenvalue weighted by atomic mass is 10.1. The van der Waals surface area contributed by atoms with Gasteiger partial charge in [0.2, 0.25) is 5.91 Å². The summed E-state index contributed by atoms with van der Waals surface area (Å²) < 4.78 is 41.2. The second-order valence-electron chi connectivity index (χ2n) is 6.67. The number of amides is 1.